The number of aromatic carboxylic acids is 1. The Morgan fingerprint density at radius 2 is 2.25 bits per heavy atom. The molecule has 0 atom stereocenters. The molecule has 2 heterocycles. The van der Waals surface area contributed by atoms with Gasteiger partial charge in [-0.15, -0.1) is 0 Å². The average molecular weight is 218 g/mol. The highest BCUT2D eigenvalue weighted by Crippen LogP contribution is 2.36. The van der Waals surface area contributed by atoms with E-state index in [4.69, 9.17) is 5.11 Å². The highest BCUT2D eigenvalue weighted by molar-refractivity contribution is 5.90. The fraction of sp³-hybridized carbons (Fsp3) is 0.300. The fourth-order valence-corrected chi connectivity index (χ4v) is 1.72. The average Bonchev–Trinajstić information content (AvgIpc) is 2.82. The van der Waals surface area contributed by atoms with Crippen LogP contribution in [0.15, 0.2) is 24.7 Å². The molecule has 2 aromatic heterocycles. The van der Waals surface area contributed by atoms with Crippen molar-refractivity contribution >= 4 is 5.97 Å². The number of hydrogen-bond donors (Lipinski definition) is 1. The van der Waals surface area contributed by atoms with Crippen LogP contribution in [-0.2, 0) is 0 Å². The lowest BCUT2D eigenvalue weighted by Gasteiger charge is -2.06. The van der Waals surface area contributed by atoms with Crippen molar-refractivity contribution in [3.05, 3.63) is 30.2 Å². The number of carboxylic acids is 1. The lowest BCUT2D eigenvalue weighted by Crippen LogP contribution is -2.10. The van der Waals surface area contributed by atoms with Gasteiger partial charge in [-0.1, -0.05) is 0 Å². The summed E-state index contributed by atoms with van der Waals surface area (Å²) in [6.45, 7) is 0. The zero-order chi connectivity index (χ0) is 11.1. The monoisotopic (exact) mass is 218 g/mol. The van der Waals surface area contributed by atoms with Gasteiger partial charge in [-0.25, -0.2) is 14.2 Å². The zero-order valence-electron chi connectivity index (χ0n) is 8.45. The Hall–Kier alpha value is -2.11. The van der Waals surface area contributed by atoms with Crippen molar-refractivity contribution < 1.29 is 9.90 Å². The summed E-state index contributed by atoms with van der Waals surface area (Å²) in [7, 11) is 0. The summed E-state index contributed by atoms with van der Waals surface area (Å²) in [6.07, 6.45) is 6.83. The van der Waals surface area contributed by atoms with Crippen molar-refractivity contribution in [3.63, 3.8) is 0 Å². The normalized spacial score (nSPS) is 15.2. The SMILES string of the molecule is O=C(O)c1cnn(C2CC2)c1-n1cccn1. The molecule has 16 heavy (non-hydrogen) atoms. The summed E-state index contributed by atoms with van der Waals surface area (Å²) in [6, 6.07) is 2.09. The van der Waals surface area contributed by atoms with Gasteiger partial charge >= 0.3 is 5.97 Å². The first-order valence-electron chi connectivity index (χ1n) is 5.08. The van der Waals surface area contributed by atoms with Crippen LogP contribution in [0.2, 0.25) is 0 Å². The zero-order valence-corrected chi connectivity index (χ0v) is 8.45. The van der Waals surface area contributed by atoms with E-state index in [1.165, 1.54) is 6.20 Å². The van der Waals surface area contributed by atoms with Crippen LogP contribution in [0.5, 0.6) is 0 Å². The van der Waals surface area contributed by atoms with Crippen molar-refractivity contribution in [2.45, 2.75) is 18.9 Å². The van der Waals surface area contributed by atoms with E-state index < -0.39 is 5.97 Å². The molecule has 3 rings (SSSR count). The van der Waals surface area contributed by atoms with E-state index in [9.17, 15) is 4.79 Å². The predicted octanol–water partition coefficient (Wildman–Crippen LogP) is 1.10. The Labute approximate surface area is 91.1 Å². The highest BCUT2D eigenvalue weighted by Gasteiger charge is 2.30. The lowest BCUT2D eigenvalue weighted by atomic mass is 10.3. The quantitative estimate of drug-likeness (QED) is 0.837. The van der Waals surface area contributed by atoms with Crippen LogP contribution in [0, 0.1) is 0 Å². The molecular weight excluding hydrogens is 208 g/mol. The van der Waals surface area contributed by atoms with E-state index in [1.807, 2.05) is 0 Å². The van der Waals surface area contributed by atoms with E-state index in [2.05, 4.69) is 10.2 Å². The van der Waals surface area contributed by atoms with Crippen LogP contribution >= 0.6 is 0 Å². The first kappa shape index (κ1) is 9.14. The summed E-state index contributed by atoms with van der Waals surface area (Å²) >= 11 is 0. The van der Waals surface area contributed by atoms with E-state index in [0.717, 1.165) is 12.8 Å². The number of carbonyl (C=O) groups is 1. The third-order valence-corrected chi connectivity index (χ3v) is 2.61. The van der Waals surface area contributed by atoms with Gasteiger partial charge in [0.2, 0.25) is 0 Å². The van der Waals surface area contributed by atoms with E-state index in [0.29, 0.717) is 11.9 Å². The molecule has 0 aliphatic heterocycles. The van der Waals surface area contributed by atoms with Crippen LogP contribution in [-0.4, -0.2) is 30.6 Å². The maximum Gasteiger partial charge on any atom is 0.341 e. The molecule has 1 N–H and O–H groups in total. The van der Waals surface area contributed by atoms with Crippen molar-refractivity contribution in [1.82, 2.24) is 19.6 Å². The van der Waals surface area contributed by atoms with Crippen LogP contribution in [0.4, 0.5) is 0 Å². The smallest absolute Gasteiger partial charge is 0.341 e. The molecular formula is C10H10N4O2. The van der Waals surface area contributed by atoms with Crippen molar-refractivity contribution in [2.75, 3.05) is 0 Å². The highest BCUT2D eigenvalue weighted by atomic mass is 16.4. The Bertz CT molecular complexity index is 525. The minimum Gasteiger partial charge on any atom is -0.477 e. The van der Waals surface area contributed by atoms with Crippen LogP contribution < -0.4 is 0 Å². The molecule has 0 amide bonds. The first-order valence-corrected chi connectivity index (χ1v) is 5.08. The number of hydrogen-bond acceptors (Lipinski definition) is 3. The maximum absolute atomic E-state index is 11.1. The molecule has 0 saturated heterocycles. The lowest BCUT2D eigenvalue weighted by molar-refractivity contribution is 0.0696. The van der Waals surface area contributed by atoms with Gasteiger partial charge in [0.1, 0.15) is 5.56 Å². The van der Waals surface area contributed by atoms with Gasteiger partial charge in [-0.3, -0.25) is 0 Å². The fourth-order valence-electron chi connectivity index (χ4n) is 1.72. The standard InChI is InChI=1S/C10H10N4O2/c15-10(16)8-6-12-14(7-2-3-7)9(8)13-5-1-4-11-13/h1,4-7H,2-3H2,(H,15,16). The molecule has 0 spiro atoms. The Morgan fingerprint density at radius 1 is 1.44 bits per heavy atom. The van der Waals surface area contributed by atoms with Gasteiger partial charge in [0.05, 0.1) is 12.2 Å². The second-order valence-corrected chi connectivity index (χ2v) is 3.81. The van der Waals surface area contributed by atoms with E-state index >= 15 is 0 Å². The summed E-state index contributed by atoms with van der Waals surface area (Å²) in [5, 5.41) is 17.3. The van der Waals surface area contributed by atoms with Crippen molar-refractivity contribution in [3.8, 4) is 5.82 Å². The third kappa shape index (κ3) is 1.30. The Kier molecular flexibility index (Phi) is 1.82. The molecule has 0 bridgehead atoms. The maximum atomic E-state index is 11.1. The number of nitrogens with zero attached hydrogens (tertiary/aromatic N) is 4. The minimum atomic E-state index is -0.975. The van der Waals surface area contributed by atoms with Gasteiger partial charge < -0.3 is 5.11 Å². The molecule has 1 saturated carbocycles. The van der Waals surface area contributed by atoms with E-state index in [-0.39, 0.29) is 5.56 Å². The predicted molar refractivity (Wildman–Crippen MR) is 54.6 cm³/mol. The topological polar surface area (TPSA) is 72.9 Å². The minimum absolute atomic E-state index is 0.190. The number of carboxylic acid groups (broad SMARTS) is 1. The van der Waals surface area contributed by atoms with Gasteiger partial charge in [0.15, 0.2) is 5.82 Å². The summed E-state index contributed by atoms with van der Waals surface area (Å²) < 4.78 is 3.30. The second-order valence-electron chi connectivity index (χ2n) is 3.81. The molecule has 6 heteroatoms. The Morgan fingerprint density at radius 3 is 2.81 bits per heavy atom. The van der Waals surface area contributed by atoms with Crippen LogP contribution in [0.3, 0.4) is 0 Å². The molecule has 0 aromatic carbocycles. The molecule has 1 aliphatic rings. The van der Waals surface area contributed by atoms with Crippen LogP contribution in [0.25, 0.3) is 5.82 Å². The van der Waals surface area contributed by atoms with Gasteiger partial charge in [0.25, 0.3) is 0 Å². The molecule has 0 unspecified atom stereocenters. The molecule has 82 valence electrons. The van der Waals surface area contributed by atoms with Gasteiger partial charge in [0, 0.05) is 12.4 Å². The molecule has 1 aliphatic carbocycles. The van der Waals surface area contributed by atoms with Gasteiger partial charge in [-0.2, -0.15) is 10.2 Å². The van der Waals surface area contributed by atoms with Crippen molar-refractivity contribution in [2.24, 2.45) is 0 Å². The summed E-state index contributed by atoms with van der Waals surface area (Å²) in [5.41, 5.74) is 0.190. The Balaban J connectivity index is 2.18. The second kappa shape index (κ2) is 3.19. The summed E-state index contributed by atoms with van der Waals surface area (Å²) in [5.74, 6) is -0.433. The molecule has 2 aromatic rings. The first-order chi connectivity index (χ1) is 7.77. The number of aromatic nitrogens is 4. The van der Waals surface area contributed by atoms with E-state index in [1.54, 1.807) is 27.8 Å². The number of rotatable bonds is 3. The molecule has 6 nitrogen and oxygen atoms in total. The summed E-state index contributed by atoms with van der Waals surface area (Å²) in [4.78, 5) is 11.1. The third-order valence-electron chi connectivity index (χ3n) is 2.61. The van der Waals surface area contributed by atoms with Gasteiger partial charge in [-0.05, 0) is 18.9 Å². The molecule has 0 radical (unpaired) electrons. The van der Waals surface area contributed by atoms with Crippen molar-refractivity contribution in [1.29, 1.82) is 0 Å². The molecule has 1 fully saturated rings. The van der Waals surface area contributed by atoms with Crippen LogP contribution in [0.1, 0.15) is 29.2 Å². The largest absolute Gasteiger partial charge is 0.477 e.